The fraction of sp³-hybridized carbons (Fsp3) is 0.526. The Morgan fingerprint density at radius 2 is 2.15 bits per heavy atom. The van der Waals surface area contributed by atoms with Gasteiger partial charge in [0.15, 0.2) is 5.82 Å². The van der Waals surface area contributed by atoms with Crippen molar-refractivity contribution in [3.05, 3.63) is 24.4 Å². The van der Waals surface area contributed by atoms with Crippen LogP contribution >= 0.6 is 0 Å². The van der Waals surface area contributed by atoms with Gasteiger partial charge in [0.2, 0.25) is 0 Å². The number of aromatic nitrogens is 2. The van der Waals surface area contributed by atoms with Crippen LogP contribution in [-0.2, 0) is 0 Å². The first-order valence-corrected chi connectivity index (χ1v) is 9.14. The van der Waals surface area contributed by atoms with E-state index in [9.17, 15) is 4.79 Å². The molecule has 2 aromatic rings. The number of anilines is 1. The molecule has 0 spiro atoms. The summed E-state index contributed by atoms with van der Waals surface area (Å²) in [6.07, 6.45) is 4.04. The molecule has 3 aliphatic heterocycles. The molecule has 3 aliphatic rings. The first-order valence-electron chi connectivity index (χ1n) is 9.14. The molecule has 0 radical (unpaired) electrons. The normalized spacial score (nSPS) is 27.3. The fourth-order valence-electron chi connectivity index (χ4n) is 4.25. The van der Waals surface area contributed by atoms with E-state index in [0.717, 1.165) is 17.8 Å². The maximum Gasteiger partial charge on any atom is 0.320 e. The molecule has 3 saturated heterocycles. The molecule has 4 heterocycles. The van der Waals surface area contributed by atoms with Crippen LogP contribution in [0.15, 0.2) is 24.4 Å². The van der Waals surface area contributed by atoms with Crippen LogP contribution in [0.1, 0.15) is 19.8 Å². The molecule has 1 aromatic heterocycles. The molecule has 0 aliphatic carbocycles. The zero-order valence-electron chi connectivity index (χ0n) is 15.3. The third kappa shape index (κ3) is 3.31. The minimum Gasteiger partial charge on any atom is -0.497 e. The third-order valence-electron chi connectivity index (χ3n) is 5.80. The predicted molar refractivity (Wildman–Crippen MR) is 100 cm³/mol. The molecule has 0 saturated carbocycles. The standard InChI is InChI=1S/C19H25N5O2/c1-19(12-24-7-5-13(19)6-8-24)11-21-18(25)23-17-10-20-16-9-14(26-2)3-4-15(16)22-17/h3-4,9-10,13H,5-8,11-12H2,1-2H3,(H2,21,22,23,25)/t19-/m1/s1. The second-order valence-corrected chi connectivity index (χ2v) is 7.62. The Morgan fingerprint density at radius 3 is 2.85 bits per heavy atom. The fourth-order valence-corrected chi connectivity index (χ4v) is 4.25. The second-order valence-electron chi connectivity index (χ2n) is 7.62. The number of nitrogens with zero attached hydrogens (tertiary/aromatic N) is 3. The Labute approximate surface area is 153 Å². The van der Waals surface area contributed by atoms with Crippen molar-refractivity contribution < 1.29 is 9.53 Å². The number of rotatable bonds is 4. The molecule has 3 fully saturated rings. The van der Waals surface area contributed by atoms with Crippen LogP contribution in [0.4, 0.5) is 10.6 Å². The lowest BCUT2D eigenvalue weighted by Gasteiger charge is -2.51. The maximum atomic E-state index is 12.3. The molecule has 7 nitrogen and oxygen atoms in total. The van der Waals surface area contributed by atoms with Gasteiger partial charge >= 0.3 is 6.03 Å². The molecule has 1 atom stereocenters. The molecule has 0 unspecified atom stereocenters. The predicted octanol–water partition coefficient (Wildman–Crippen LogP) is 2.49. The zero-order valence-corrected chi connectivity index (χ0v) is 15.3. The van der Waals surface area contributed by atoms with Gasteiger partial charge in [0.05, 0.1) is 24.3 Å². The first kappa shape index (κ1) is 17.0. The quantitative estimate of drug-likeness (QED) is 0.881. The Kier molecular flexibility index (Phi) is 4.40. The van der Waals surface area contributed by atoms with E-state index in [2.05, 4.69) is 32.4 Å². The van der Waals surface area contributed by atoms with Gasteiger partial charge in [-0.1, -0.05) is 6.92 Å². The van der Waals surface area contributed by atoms with Crippen LogP contribution in [0, 0.1) is 11.3 Å². The number of urea groups is 1. The van der Waals surface area contributed by atoms with Crippen molar-refractivity contribution in [3.8, 4) is 5.75 Å². The van der Waals surface area contributed by atoms with E-state index in [-0.39, 0.29) is 11.4 Å². The summed E-state index contributed by atoms with van der Waals surface area (Å²) in [5.74, 6) is 1.87. The number of fused-ring (bicyclic) bond motifs is 4. The highest BCUT2D eigenvalue weighted by atomic mass is 16.5. The van der Waals surface area contributed by atoms with E-state index in [0.29, 0.717) is 23.8 Å². The number of benzene rings is 1. The summed E-state index contributed by atoms with van der Waals surface area (Å²) >= 11 is 0. The molecule has 1 aromatic carbocycles. The number of piperidine rings is 3. The molecule has 2 bridgehead atoms. The van der Waals surface area contributed by atoms with E-state index >= 15 is 0 Å². The highest BCUT2D eigenvalue weighted by molar-refractivity contribution is 5.89. The number of carbonyl (C=O) groups is 1. The Balaban J connectivity index is 1.38. The Morgan fingerprint density at radius 1 is 1.35 bits per heavy atom. The van der Waals surface area contributed by atoms with Crippen molar-refractivity contribution in [2.24, 2.45) is 11.3 Å². The molecule has 2 N–H and O–H groups in total. The van der Waals surface area contributed by atoms with E-state index in [1.54, 1.807) is 13.3 Å². The van der Waals surface area contributed by atoms with Crippen LogP contribution in [0.25, 0.3) is 11.0 Å². The number of amides is 2. The van der Waals surface area contributed by atoms with E-state index in [1.165, 1.54) is 25.9 Å². The van der Waals surface area contributed by atoms with Gasteiger partial charge in [-0.3, -0.25) is 10.3 Å². The summed E-state index contributed by atoms with van der Waals surface area (Å²) in [6, 6.07) is 5.25. The molecule has 5 rings (SSSR count). The lowest BCUT2D eigenvalue weighted by molar-refractivity contribution is -0.0140. The number of methoxy groups -OCH3 is 1. The highest BCUT2D eigenvalue weighted by Gasteiger charge is 2.43. The summed E-state index contributed by atoms with van der Waals surface area (Å²) in [6.45, 7) is 6.42. The van der Waals surface area contributed by atoms with Crippen LogP contribution in [0.3, 0.4) is 0 Å². The van der Waals surface area contributed by atoms with Gasteiger partial charge in [0.25, 0.3) is 0 Å². The molecule has 7 heteroatoms. The van der Waals surface area contributed by atoms with E-state index in [4.69, 9.17) is 4.74 Å². The summed E-state index contributed by atoms with van der Waals surface area (Å²) in [4.78, 5) is 23.6. The number of ether oxygens (including phenoxy) is 1. The SMILES string of the molecule is COc1ccc2nc(NC(=O)NC[C@]3(C)CN4CCC3CC4)cnc2c1. The van der Waals surface area contributed by atoms with E-state index in [1.807, 2.05) is 18.2 Å². The Hall–Kier alpha value is -2.41. The van der Waals surface area contributed by atoms with Gasteiger partial charge in [0, 0.05) is 24.6 Å². The van der Waals surface area contributed by atoms with E-state index < -0.39 is 0 Å². The van der Waals surface area contributed by atoms with Crippen LogP contribution < -0.4 is 15.4 Å². The molecule has 2 amide bonds. The second kappa shape index (κ2) is 6.72. The van der Waals surface area contributed by atoms with Crippen LogP contribution in [-0.4, -0.2) is 54.2 Å². The maximum absolute atomic E-state index is 12.3. The van der Waals surface area contributed by atoms with Gasteiger partial charge in [-0.15, -0.1) is 0 Å². The summed E-state index contributed by atoms with van der Waals surface area (Å²) < 4.78 is 5.19. The van der Waals surface area contributed by atoms with Crippen molar-refractivity contribution in [1.82, 2.24) is 20.2 Å². The van der Waals surface area contributed by atoms with Crippen molar-refractivity contribution in [2.45, 2.75) is 19.8 Å². The zero-order chi connectivity index (χ0) is 18.1. The Bertz CT molecular complexity index is 819. The van der Waals surface area contributed by atoms with Crippen molar-refractivity contribution in [1.29, 1.82) is 0 Å². The number of nitrogens with one attached hydrogen (secondary N) is 2. The molecular weight excluding hydrogens is 330 g/mol. The monoisotopic (exact) mass is 355 g/mol. The average molecular weight is 355 g/mol. The number of carbonyl (C=O) groups excluding carboxylic acids is 1. The lowest BCUT2D eigenvalue weighted by Crippen LogP contribution is -2.57. The molecule has 138 valence electrons. The van der Waals surface area contributed by atoms with Crippen molar-refractivity contribution in [2.75, 3.05) is 38.6 Å². The minimum atomic E-state index is -0.232. The van der Waals surface area contributed by atoms with Crippen LogP contribution in [0.2, 0.25) is 0 Å². The van der Waals surface area contributed by atoms with Crippen molar-refractivity contribution in [3.63, 3.8) is 0 Å². The summed E-state index contributed by atoms with van der Waals surface area (Å²) in [7, 11) is 1.62. The van der Waals surface area contributed by atoms with Gasteiger partial charge in [-0.25, -0.2) is 9.78 Å². The largest absolute Gasteiger partial charge is 0.497 e. The summed E-state index contributed by atoms with van der Waals surface area (Å²) in [5.41, 5.74) is 1.60. The van der Waals surface area contributed by atoms with Gasteiger partial charge in [-0.2, -0.15) is 0 Å². The average Bonchev–Trinajstić information content (AvgIpc) is 2.67. The number of hydrogen-bond acceptors (Lipinski definition) is 5. The third-order valence-corrected chi connectivity index (χ3v) is 5.80. The topological polar surface area (TPSA) is 79.4 Å². The summed E-state index contributed by atoms with van der Waals surface area (Å²) in [5, 5.41) is 5.82. The van der Waals surface area contributed by atoms with Crippen LogP contribution in [0.5, 0.6) is 5.75 Å². The van der Waals surface area contributed by atoms with Gasteiger partial charge in [0.1, 0.15) is 5.75 Å². The smallest absolute Gasteiger partial charge is 0.320 e. The van der Waals surface area contributed by atoms with Gasteiger partial charge < -0.3 is 15.0 Å². The first-order chi connectivity index (χ1) is 12.6. The van der Waals surface area contributed by atoms with Crippen molar-refractivity contribution >= 4 is 22.9 Å². The molecule has 26 heavy (non-hydrogen) atoms. The minimum absolute atomic E-state index is 0.152. The lowest BCUT2D eigenvalue weighted by atomic mass is 9.68. The highest BCUT2D eigenvalue weighted by Crippen LogP contribution is 2.41. The molecular formula is C19H25N5O2. The number of hydrogen-bond donors (Lipinski definition) is 2. The van der Waals surface area contributed by atoms with Gasteiger partial charge in [-0.05, 0) is 44.0 Å².